The van der Waals surface area contributed by atoms with Gasteiger partial charge in [-0.2, -0.15) is 9.90 Å². The van der Waals surface area contributed by atoms with Crippen molar-refractivity contribution < 1.29 is 22.2 Å². The van der Waals surface area contributed by atoms with Crippen LogP contribution >= 0.6 is 0 Å². The number of nitrogens with one attached hydrogen (secondary N) is 1. The smallest absolute Gasteiger partial charge is 0.276 e. The minimum absolute atomic E-state index is 0.0270. The van der Waals surface area contributed by atoms with E-state index in [-0.39, 0.29) is 28.9 Å². The standard InChI is InChI=1S/C32H29N7O5S/c1-20-21(2)36-44-30(20)37-45(41,42)28-13-9-8-12-27(28)26-15-14-23(31-33-16-17-43-31)18-24(26)19-38(4)32(40)29-22(3)34-39(35-29)25-10-6-5-7-11-25/h5-18,37H,19H2,1-4H3. The van der Waals surface area contributed by atoms with Crippen LogP contribution in [0.25, 0.3) is 28.3 Å². The Bertz CT molecular complexity index is 2100. The SMILES string of the molecule is Cc1nn(-c2ccccc2)nc1C(=O)N(C)Cc1cc(-c2ncco2)ccc1-c1ccccc1S(=O)(=O)Nc1onc(C)c1C. The van der Waals surface area contributed by atoms with E-state index in [0.717, 1.165) is 5.69 Å². The highest BCUT2D eigenvalue weighted by Gasteiger charge is 2.26. The second-order valence-corrected chi connectivity index (χ2v) is 12.1. The summed E-state index contributed by atoms with van der Waals surface area (Å²) in [7, 11) is -2.45. The van der Waals surface area contributed by atoms with Crippen molar-refractivity contribution in [2.75, 3.05) is 11.8 Å². The zero-order chi connectivity index (χ0) is 31.7. The van der Waals surface area contributed by atoms with Crippen LogP contribution in [0.5, 0.6) is 0 Å². The number of oxazole rings is 1. The summed E-state index contributed by atoms with van der Waals surface area (Å²) in [5.41, 5.74) is 4.93. The van der Waals surface area contributed by atoms with Crippen molar-refractivity contribution >= 4 is 21.8 Å². The van der Waals surface area contributed by atoms with E-state index >= 15 is 0 Å². The first-order valence-corrected chi connectivity index (χ1v) is 15.4. The number of aromatic nitrogens is 5. The van der Waals surface area contributed by atoms with Gasteiger partial charge in [0.15, 0.2) is 5.69 Å². The molecule has 1 N–H and O–H groups in total. The Morgan fingerprint density at radius 2 is 1.69 bits per heavy atom. The first kappa shape index (κ1) is 29.5. The lowest BCUT2D eigenvalue weighted by molar-refractivity contribution is 0.0778. The van der Waals surface area contributed by atoms with Crippen molar-refractivity contribution in [2.45, 2.75) is 32.2 Å². The third-order valence-electron chi connectivity index (χ3n) is 7.36. The molecule has 3 heterocycles. The molecule has 45 heavy (non-hydrogen) atoms. The molecule has 0 radical (unpaired) electrons. The van der Waals surface area contributed by atoms with Crippen molar-refractivity contribution in [3.63, 3.8) is 0 Å². The van der Waals surface area contributed by atoms with Gasteiger partial charge in [-0.15, -0.1) is 5.10 Å². The van der Waals surface area contributed by atoms with Gasteiger partial charge in [0.05, 0.1) is 28.2 Å². The maximum atomic E-state index is 13.7. The first-order chi connectivity index (χ1) is 21.6. The van der Waals surface area contributed by atoms with Crippen molar-refractivity contribution in [2.24, 2.45) is 0 Å². The second kappa shape index (κ2) is 11.8. The molecule has 0 fully saturated rings. The maximum Gasteiger partial charge on any atom is 0.276 e. The minimum atomic E-state index is -4.10. The zero-order valence-corrected chi connectivity index (χ0v) is 25.7. The Morgan fingerprint density at radius 3 is 2.40 bits per heavy atom. The van der Waals surface area contributed by atoms with Crippen molar-refractivity contribution in [3.05, 3.63) is 113 Å². The number of para-hydroxylation sites is 1. The maximum absolute atomic E-state index is 13.7. The largest absolute Gasteiger partial charge is 0.445 e. The molecule has 0 aliphatic heterocycles. The van der Waals surface area contributed by atoms with Gasteiger partial charge in [0.1, 0.15) is 6.26 Å². The van der Waals surface area contributed by atoms with Gasteiger partial charge in [-0.1, -0.05) is 47.6 Å². The van der Waals surface area contributed by atoms with E-state index in [1.807, 2.05) is 36.4 Å². The van der Waals surface area contributed by atoms with Crippen molar-refractivity contribution in [1.29, 1.82) is 0 Å². The van der Waals surface area contributed by atoms with E-state index in [4.69, 9.17) is 8.94 Å². The van der Waals surface area contributed by atoms with Gasteiger partial charge in [-0.3, -0.25) is 4.79 Å². The minimum Gasteiger partial charge on any atom is -0.445 e. The Labute approximate surface area is 259 Å². The molecule has 0 bridgehead atoms. The predicted octanol–water partition coefficient (Wildman–Crippen LogP) is 5.58. The highest BCUT2D eigenvalue weighted by molar-refractivity contribution is 7.92. The third kappa shape index (κ3) is 5.85. The fraction of sp³-hybridized carbons (Fsp3) is 0.156. The van der Waals surface area contributed by atoms with Crippen LogP contribution in [0.2, 0.25) is 0 Å². The van der Waals surface area contributed by atoms with Crippen molar-refractivity contribution in [3.8, 4) is 28.3 Å². The summed E-state index contributed by atoms with van der Waals surface area (Å²) in [6.45, 7) is 5.30. The molecule has 3 aromatic carbocycles. The molecule has 3 aromatic heterocycles. The van der Waals surface area contributed by atoms with Gasteiger partial charge in [-0.05, 0) is 62.2 Å². The van der Waals surface area contributed by atoms with E-state index in [9.17, 15) is 13.2 Å². The highest BCUT2D eigenvalue weighted by atomic mass is 32.2. The number of sulfonamides is 1. The number of rotatable bonds is 9. The van der Waals surface area contributed by atoms with Gasteiger partial charge < -0.3 is 13.8 Å². The summed E-state index contributed by atoms with van der Waals surface area (Å²) >= 11 is 0. The molecule has 0 unspecified atom stereocenters. The summed E-state index contributed by atoms with van der Waals surface area (Å²) in [4.78, 5) is 20.9. The van der Waals surface area contributed by atoms with Gasteiger partial charge in [0.2, 0.25) is 11.8 Å². The molecule has 0 spiro atoms. The summed E-state index contributed by atoms with van der Waals surface area (Å²) in [6, 6.07) is 21.4. The van der Waals surface area contributed by atoms with E-state index in [0.29, 0.717) is 45.1 Å². The first-order valence-electron chi connectivity index (χ1n) is 13.9. The van der Waals surface area contributed by atoms with E-state index in [2.05, 4.69) is 25.1 Å². The van der Waals surface area contributed by atoms with Crippen molar-refractivity contribution in [1.82, 2.24) is 30.0 Å². The van der Waals surface area contributed by atoms with Crippen LogP contribution in [-0.4, -0.2) is 51.4 Å². The van der Waals surface area contributed by atoms with Crippen LogP contribution in [0.1, 0.15) is 33.0 Å². The quantitative estimate of drug-likeness (QED) is 0.218. The van der Waals surface area contributed by atoms with Crippen LogP contribution in [0.3, 0.4) is 0 Å². The molecule has 13 heteroatoms. The Morgan fingerprint density at radius 1 is 0.933 bits per heavy atom. The molecule has 1 amide bonds. The van der Waals surface area contributed by atoms with E-state index in [1.165, 1.54) is 28.2 Å². The Balaban J connectivity index is 1.38. The highest BCUT2D eigenvalue weighted by Crippen LogP contribution is 2.35. The Kier molecular flexibility index (Phi) is 7.77. The molecule has 6 aromatic rings. The number of hydrogen-bond acceptors (Lipinski definition) is 9. The number of amides is 1. The second-order valence-electron chi connectivity index (χ2n) is 10.5. The zero-order valence-electron chi connectivity index (χ0n) is 24.9. The van der Waals surface area contributed by atoms with Gasteiger partial charge in [-0.25, -0.2) is 18.1 Å². The number of nitrogens with zero attached hydrogens (tertiary/aromatic N) is 6. The Hall–Kier alpha value is -5.56. The van der Waals surface area contributed by atoms with Crippen LogP contribution in [0, 0.1) is 20.8 Å². The average Bonchev–Trinajstić information content (AvgIpc) is 3.79. The topological polar surface area (TPSA) is 149 Å². The molecule has 0 aliphatic rings. The normalized spacial score (nSPS) is 11.5. The van der Waals surface area contributed by atoms with Gasteiger partial charge >= 0.3 is 0 Å². The molecule has 0 saturated carbocycles. The van der Waals surface area contributed by atoms with Crippen LogP contribution in [0.15, 0.2) is 99.1 Å². The fourth-order valence-electron chi connectivity index (χ4n) is 4.86. The molecule has 0 saturated heterocycles. The van der Waals surface area contributed by atoms with Gasteiger partial charge in [0, 0.05) is 30.3 Å². The third-order valence-corrected chi connectivity index (χ3v) is 8.75. The number of carbonyl (C=O) groups excluding carboxylic acids is 1. The molecular formula is C32H29N7O5S. The molecule has 6 rings (SSSR count). The number of carbonyl (C=O) groups is 1. The van der Waals surface area contributed by atoms with Gasteiger partial charge in [0.25, 0.3) is 15.9 Å². The number of anilines is 1. The molecule has 228 valence electrons. The lowest BCUT2D eigenvalue weighted by atomic mass is 9.96. The molecule has 12 nitrogen and oxygen atoms in total. The molecular weight excluding hydrogens is 594 g/mol. The summed E-state index contributed by atoms with van der Waals surface area (Å²) in [6.07, 6.45) is 3.01. The lowest BCUT2D eigenvalue weighted by Gasteiger charge is -2.20. The molecule has 0 aliphatic carbocycles. The van der Waals surface area contributed by atoms with Crippen LogP contribution < -0.4 is 4.72 Å². The number of hydrogen-bond donors (Lipinski definition) is 1. The predicted molar refractivity (Wildman–Crippen MR) is 166 cm³/mol. The lowest BCUT2D eigenvalue weighted by Crippen LogP contribution is -2.27. The van der Waals surface area contributed by atoms with E-state index in [1.54, 1.807) is 58.2 Å². The molecule has 0 atom stereocenters. The summed E-state index contributed by atoms with van der Waals surface area (Å²) in [5.74, 6) is 0.0871. The van der Waals surface area contributed by atoms with E-state index < -0.39 is 10.0 Å². The van der Waals surface area contributed by atoms with Crippen LogP contribution in [-0.2, 0) is 16.6 Å². The number of aryl methyl sites for hydroxylation is 2. The summed E-state index contributed by atoms with van der Waals surface area (Å²) in [5, 5.41) is 12.8. The fourth-order valence-corrected chi connectivity index (χ4v) is 6.13. The van der Waals surface area contributed by atoms with Crippen LogP contribution in [0.4, 0.5) is 5.88 Å². The monoisotopic (exact) mass is 623 g/mol. The average molecular weight is 624 g/mol. The summed E-state index contributed by atoms with van der Waals surface area (Å²) < 4.78 is 40.7. The number of benzene rings is 3.